The van der Waals surface area contributed by atoms with Gasteiger partial charge in [0.2, 0.25) is 0 Å². The van der Waals surface area contributed by atoms with Crippen LogP contribution in [0.1, 0.15) is 0 Å². The van der Waals surface area contributed by atoms with Crippen molar-refractivity contribution >= 4 is 0 Å². The molecule has 0 nitrogen and oxygen atoms in total. The third-order valence-corrected chi connectivity index (χ3v) is 0. The van der Waals surface area contributed by atoms with E-state index in [4.69, 9.17) is 0 Å². The number of hydrogen-bond donors (Lipinski definition) is 0. The smallest absolute Gasteiger partial charge is 1.00 e. The first-order valence-corrected chi connectivity index (χ1v) is 0. The van der Waals surface area contributed by atoms with Crippen molar-refractivity contribution in [3.63, 3.8) is 0 Å². The van der Waals surface area contributed by atoms with Gasteiger partial charge in [0.15, 0.2) is 0 Å². The summed E-state index contributed by atoms with van der Waals surface area (Å²) in [5.41, 5.74) is 0. The molecule has 0 atom stereocenters. The Morgan fingerprint density at radius 2 is 0.750 bits per heavy atom. The van der Waals surface area contributed by atoms with Gasteiger partial charge < -0.3 is 48.0 Å². The molecule has 0 N–H and O–H groups in total. The van der Waals surface area contributed by atoms with Gasteiger partial charge in [-0.1, -0.05) is 0 Å². The second kappa shape index (κ2) is 16.4. The molecule has 0 fully saturated rings. The van der Waals surface area contributed by atoms with Crippen molar-refractivity contribution in [2.75, 3.05) is 0 Å². The average Bonchev–Trinajstić information content (AvgIpc) is 0. The van der Waals surface area contributed by atoms with Crippen molar-refractivity contribution in [3.05, 3.63) is 0 Å². The Hall–Kier alpha value is 3.19. The van der Waals surface area contributed by atoms with E-state index in [2.05, 4.69) is 0 Å². The predicted octanol–water partition coefficient (Wildman–Crippen LogP) is -12.0. The Kier molecular flexibility index (Phi) is 111. The van der Waals surface area contributed by atoms with Crippen LogP contribution in [-0.2, 0) is 0 Å². The van der Waals surface area contributed by atoms with E-state index < -0.39 is 0 Å². The van der Waals surface area contributed by atoms with Gasteiger partial charge in [-0.15, -0.1) is 0 Å². The van der Waals surface area contributed by atoms with Crippen molar-refractivity contribution in [1.82, 2.24) is 0 Å². The van der Waals surface area contributed by atoms with Crippen LogP contribution in [0.5, 0.6) is 0 Å². The fourth-order valence-electron chi connectivity index (χ4n) is 0. The maximum Gasteiger partial charge on any atom is 1.00 e. The van der Waals surface area contributed by atoms with E-state index >= 15 is 0 Å². The number of hydrogen-bond acceptors (Lipinski definition) is 0. The molecule has 0 amide bonds. The van der Waals surface area contributed by atoms with Gasteiger partial charge >= 0.3 is 53.5 Å². The molecule has 0 saturated heterocycles. The van der Waals surface area contributed by atoms with E-state index in [1.54, 1.807) is 0 Å². The summed E-state index contributed by atoms with van der Waals surface area (Å²) < 4.78 is 0. The molecular formula is I3Na. The molecule has 0 saturated carbocycles. The zero-order valence-electron chi connectivity index (χ0n) is 2.13. The summed E-state index contributed by atoms with van der Waals surface area (Å²) in [7, 11) is 0. The minimum atomic E-state index is 0. The summed E-state index contributed by atoms with van der Waals surface area (Å²) in [4.78, 5) is 0. The van der Waals surface area contributed by atoms with E-state index in [9.17, 15) is 0 Å². The molecule has 0 rings (SSSR count). The topological polar surface area (TPSA) is 0 Å². The summed E-state index contributed by atoms with van der Waals surface area (Å²) >= 11 is 0. The van der Waals surface area contributed by atoms with Crippen molar-refractivity contribution in [2.45, 2.75) is 0 Å². The molecule has 4 heteroatoms. The molecule has 0 aromatic carbocycles. The molecule has 0 unspecified atom stereocenters. The van der Waals surface area contributed by atoms with Crippen molar-refractivity contribution in [1.29, 1.82) is 0 Å². The maximum absolute atomic E-state index is 0. The van der Waals surface area contributed by atoms with Gasteiger partial charge in [-0.2, -0.15) is 0 Å². The average molecular weight is 404 g/mol. The Morgan fingerprint density at radius 1 is 0.750 bits per heavy atom. The van der Waals surface area contributed by atoms with Gasteiger partial charge in [-0.25, -0.2) is 0 Å². The van der Waals surface area contributed by atoms with Crippen LogP contribution in [0.25, 0.3) is 0 Å². The van der Waals surface area contributed by atoms with Crippen LogP contribution in [0.15, 0.2) is 0 Å². The Balaban J connectivity index is 0. The quantitative estimate of drug-likeness (QED) is 0.278. The van der Waals surface area contributed by atoms with Crippen molar-refractivity contribution in [2.24, 2.45) is 0 Å². The molecule has 0 aliphatic carbocycles. The molecule has 0 spiro atoms. The molecular weight excluding hydrogens is 404 g/mol. The third kappa shape index (κ3) is 8.95. The summed E-state index contributed by atoms with van der Waals surface area (Å²) in [5, 5.41) is 0. The summed E-state index contributed by atoms with van der Waals surface area (Å²) in [6, 6.07) is 0. The van der Waals surface area contributed by atoms with E-state index in [-0.39, 0.29) is 101 Å². The molecule has 0 heterocycles. The van der Waals surface area contributed by atoms with E-state index in [1.807, 2.05) is 0 Å². The van der Waals surface area contributed by atoms with Gasteiger partial charge in [0.1, 0.15) is 0 Å². The second-order valence-electron chi connectivity index (χ2n) is 0. The molecule has 4 heavy (non-hydrogen) atoms. The van der Waals surface area contributed by atoms with Gasteiger partial charge in [-0.3, -0.25) is 0 Å². The van der Waals surface area contributed by atoms with Crippen LogP contribution in [0, 0.1) is 0 Å². The molecule has 0 aromatic heterocycles. The van der Waals surface area contributed by atoms with Crippen LogP contribution in [0.2, 0.25) is 0 Å². The van der Waals surface area contributed by atoms with E-state index in [0.717, 1.165) is 0 Å². The first kappa shape index (κ1) is 27.1. The monoisotopic (exact) mass is 404 g/mol. The minimum absolute atomic E-state index is 0. The third-order valence-electron chi connectivity index (χ3n) is 0. The Morgan fingerprint density at radius 3 is 0.750 bits per heavy atom. The standard InChI is InChI=1S/2HI.I.Na/h2*1H;;/q;;2*+1/p-2. The summed E-state index contributed by atoms with van der Waals surface area (Å²) in [6.45, 7) is 0. The maximum atomic E-state index is 0. The van der Waals surface area contributed by atoms with Crippen LogP contribution in [0.4, 0.5) is 0 Å². The van der Waals surface area contributed by atoms with Gasteiger partial charge in [0, 0.05) is 0 Å². The zero-order chi connectivity index (χ0) is 0. The van der Waals surface area contributed by atoms with Gasteiger partial charge in [-0.05, 0) is 0 Å². The van der Waals surface area contributed by atoms with Crippen LogP contribution in [0.3, 0.4) is 0 Å². The Labute approximate surface area is 99.2 Å². The van der Waals surface area contributed by atoms with Crippen LogP contribution < -0.4 is 101 Å². The molecule has 2 radical (unpaired) electrons. The largest absolute Gasteiger partial charge is 1.00 e. The molecule has 0 aliphatic rings. The summed E-state index contributed by atoms with van der Waals surface area (Å²) in [6.07, 6.45) is 0. The van der Waals surface area contributed by atoms with Gasteiger partial charge in [0.25, 0.3) is 0 Å². The Bertz CT molecular complexity index is 3.25. The number of rotatable bonds is 0. The normalized spacial score (nSPS) is 0. The predicted molar refractivity (Wildman–Crippen MR) is 0 cm³/mol. The fraction of sp³-hybridized carbons (Fsp3) is 0. The van der Waals surface area contributed by atoms with Crippen LogP contribution >= 0.6 is 0 Å². The van der Waals surface area contributed by atoms with E-state index in [0.29, 0.717) is 0 Å². The SMILES string of the molecule is [I+].[I-].[I-].[Na+]. The second-order valence-corrected chi connectivity index (χ2v) is 0. The van der Waals surface area contributed by atoms with Gasteiger partial charge in [0.05, 0.1) is 0 Å². The van der Waals surface area contributed by atoms with Crippen LogP contribution in [-0.4, -0.2) is 0 Å². The minimum Gasteiger partial charge on any atom is -1.00 e. The molecule has 0 aliphatic heterocycles. The molecule has 22 valence electrons. The molecule has 0 bridgehead atoms. The first-order chi connectivity index (χ1) is 0. The van der Waals surface area contributed by atoms with E-state index in [1.165, 1.54) is 0 Å². The molecule has 0 aromatic rings. The van der Waals surface area contributed by atoms with Crippen molar-refractivity contribution in [3.8, 4) is 0 Å². The first-order valence-electron chi connectivity index (χ1n) is 0. The van der Waals surface area contributed by atoms with Crippen molar-refractivity contribution < 1.29 is 101 Å². The summed E-state index contributed by atoms with van der Waals surface area (Å²) in [5.74, 6) is 0. The fourth-order valence-corrected chi connectivity index (χ4v) is 0. The zero-order valence-corrected chi connectivity index (χ0v) is 10.6. The number of halogens is 3.